The molecule has 2 heterocycles. The molecule has 0 aromatic heterocycles. The smallest absolute Gasteiger partial charge is 0.399 e. The molecule has 2 saturated heterocycles. The molecule has 1 aromatic rings. The van der Waals surface area contributed by atoms with Crippen molar-refractivity contribution in [2.45, 2.75) is 63.8 Å². The number of nitrogens with one attached hydrogen (secondary N) is 1. The number of nitrogens with zero attached hydrogens (tertiary/aromatic N) is 1. The van der Waals surface area contributed by atoms with Crippen LogP contribution in [0.15, 0.2) is 54.0 Å². The van der Waals surface area contributed by atoms with Crippen molar-refractivity contribution >= 4 is 18.4 Å². The summed E-state index contributed by atoms with van der Waals surface area (Å²) in [6.07, 6.45) is 10.7. The highest BCUT2D eigenvalue weighted by molar-refractivity contribution is 6.55. The number of nitro benzene ring substituents is 1. The molecule has 0 spiro atoms. The lowest BCUT2D eigenvalue weighted by Gasteiger charge is -2.32. The minimum Gasteiger partial charge on any atom is -0.399 e. The lowest BCUT2D eigenvalue weighted by Crippen LogP contribution is -2.41. The summed E-state index contributed by atoms with van der Waals surface area (Å²) < 4.78 is 12.5. The van der Waals surface area contributed by atoms with Gasteiger partial charge in [0.2, 0.25) is 0 Å². The van der Waals surface area contributed by atoms with Gasteiger partial charge in [-0.25, -0.2) is 0 Å². The highest BCUT2D eigenvalue weighted by Crippen LogP contribution is 2.45. The van der Waals surface area contributed by atoms with Gasteiger partial charge < -0.3 is 14.6 Å². The largest absolute Gasteiger partial charge is 0.494 e. The Labute approximate surface area is 183 Å². The van der Waals surface area contributed by atoms with E-state index >= 15 is 0 Å². The van der Waals surface area contributed by atoms with Crippen LogP contribution in [0.2, 0.25) is 0 Å². The maximum absolute atomic E-state index is 11.5. The minimum absolute atomic E-state index is 0.187. The summed E-state index contributed by atoms with van der Waals surface area (Å²) in [4.78, 5) is 11.3. The van der Waals surface area contributed by atoms with E-state index in [-0.39, 0.29) is 46.8 Å². The molecule has 1 N–H and O–H groups in total. The summed E-state index contributed by atoms with van der Waals surface area (Å²) >= 11 is 0. The summed E-state index contributed by atoms with van der Waals surface area (Å²) in [6, 6.07) is 7.72. The predicted molar refractivity (Wildman–Crippen MR) is 121 cm³/mol. The van der Waals surface area contributed by atoms with Crippen LogP contribution in [-0.4, -0.2) is 35.3 Å². The van der Waals surface area contributed by atoms with E-state index in [0.29, 0.717) is 6.04 Å². The maximum atomic E-state index is 11.5. The number of hydrogen-bond donors (Lipinski definition) is 1. The van der Waals surface area contributed by atoms with Gasteiger partial charge in [0.25, 0.3) is 5.69 Å². The second-order valence-electron chi connectivity index (χ2n) is 10.1. The Bertz CT molecular complexity index is 997. The molecule has 0 saturated carbocycles. The van der Waals surface area contributed by atoms with E-state index in [1.54, 1.807) is 12.1 Å². The van der Waals surface area contributed by atoms with Crippen LogP contribution in [-0.2, 0) is 9.31 Å². The van der Waals surface area contributed by atoms with Gasteiger partial charge in [0, 0.05) is 30.0 Å². The van der Waals surface area contributed by atoms with Crippen LogP contribution in [0.1, 0.15) is 46.1 Å². The summed E-state index contributed by atoms with van der Waals surface area (Å²) in [5.74, 6) is 0.568. The Morgan fingerprint density at radius 3 is 2.52 bits per heavy atom. The Morgan fingerprint density at radius 1 is 1.10 bits per heavy atom. The van der Waals surface area contributed by atoms with Gasteiger partial charge in [0.1, 0.15) is 0 Å². The van der Waals surface area contributed by atoms with Gasteiger partial charge in [0.05, 0.1) is 21.7 Å². The predicted octanol–water partition coefficient (Wildman–Crippen LogP) is 4.47. The van der Waals surface area contributed by atoms with E-state index in [2.05, 4.69) is 57.3 Å². The maximum Gasteiger partial charge on any atom is 0.494 e. The highest BCUT2D eigenvalue weighted by Gasteiger charge is 2.53. The Balaban J connectivity index is 1.45. The van der Waals surface area contributed by atoms with E-state index in [4.69, 9.17) is 9.31 Å². The van der Waals surface area contributed by atoms with Gasteiger partial charge >= 0.3 is 7.12 Å². The van der Waals surface area contributed by atoms with Gasteiger partial charge in [-0.05, 0) is 57.6 Å². The standard InChI is InChI=1S/C24H29BN2O4/c1-23(2)24(3,4)31-25(30-23)16-10-12-21-19(14-16)18-13-15(9-11-20(18)26-21)17-7-5-6-8-22(17)27(28)29/h5-8,10,12-14,18-21,26H,9,11H2,1-4H3. The molecule has 1 aromatic carbocycles. The molecule has 6 nitrogen and oxygen atoms in total. The number of rotatable bonds is 3. The molecule has 2 aliphatic heterocycles. The van der Waals surface area contributed by atoms with Crippen molar-refractivity contribution in [3.63, 3.8) is 0 Å². The van der Waals surface area contributed by atoms with Crippen LogP contribution in [0.25, 0.3) is 5.57 Å². The fraction of sp³-hybridized carbons (Fsp3) is 0.500. The molecule has 4 aliphatic rings. The summed E-state index contributed by atoms with van der Waals surface area (Å²) in [5.41, 5.74) is 2.33. The third-order valence-corrected chi connectivity index (χ3v) is 7.70. The summed E-state index contributed by atoms with van der Waals surface area (Å²) in [7, 11) is -0.372. The number of nitro groups is 1. The second kappa shape index (κ2) is 7.15. The number of benzene rings is 1. The average molecular weight is 420 g/mol. The van der Waals surface area contributed by atoms with E-state index in [1.807, 2.05) is 12.1 Å². The SMILES string of the molecule is CC1(C)OB(C2=CC3C(C=C2)NC2CCC(c4ccccc4[N+](=O)[O-])=CC23)OC1(C)C. The van der Waals surface area contributed by atoms with E-state index in [0.717, 1.165) is 29.5 Å². The van der Waals surface area contributed by atoms with Crippen molar-refractivity contribution < 1.29 is 14.2 Å². The quantitative estimate of drug-likeness (QED) is 0.444. The molecule has 0 amide bonds. The molecule has 4 unspecified atom stereocenters. The molecule has 7 heteroatoms. The van der Waals surface area contributed by atoms with Crippen molar-refractivity contribution in [3.05, 3.63) is 69.7 Å². The lowest BCUT2D eigenvalue weighted by atomic mass is 9.70. The van der Waals surface area contributed by atoms with Crippen molar-refractivity contribution in [1.82, 2.24) is 5.32 Å². The monoisotopic (exact) mass is 420 g/mol. The van der Waals surface area contributed by atoms with E-state index < -0.39 is 0 Å². The first-order valence-electron chi connectivity index (χ1n) is 11.1. The van der Waals surface area contributed by atoms with Gasteiger partial charge in [-0.2, -0.15) is 0 Å². The first-order chi connectivity index (χ1) is 14.7. The number of fused-ring (bicyclic) bond motifs is 3. The van der Waals surface area contributed by atoms with Gasteiger partial charge in [-0.1, -0.05) is 36.4 Å². The molecule has 162 valence electrons. The highest BCUT2D eigenvalue weighted by atomic mass is 16.7. The topological polar surface area (TPSA) is 73.6 Å². The number of allylic oxidation sites excluding steroid dienone is 3. The molecule has 31 heavy (non-hydrogen) atoms. The first-order valence-corrected chi connectivity index (χ1v) is 11.1. The fourth-order valence-electron chi connectivity index (χ4n) is 5.26. The zero-order valence-corrected chi connectivity index (χ0v) is 18.5. The van der Waals surface area contributed by atoms with Crippen LogP contribution in [0, 0.1) is 22.0 Å². The third-order valence-electron chi connectivity index (χ3n) is 7.70. The van der Waals surface area contributed by atoms with Gasteiger partial charge in [-0.3, -0.25) is 10.1 Å². The minimum atomic E-state index is -0.372. The van der Waals surface area contributed by atoms with Crippen LogP contribution in [0.3, 0.4) is 0 Å². The third kappa shape index (κ3) is 3.39. The molecule has 4 atom stereocenters. The number of hydrogen-bond acceptors (Lipinski definition) is 5. The van der Waals surface area contributed by atoms with Crippen molar-refractivity contribution in [1.29, 1.82) is 0 Å². The van der Waals surface area contributed by atoms with Crippen molar-refractivity contribution in [2.75, 3.05) is 0 Å². The molecule has 0 radical (unpaired) electrons. The molecule has 5 rings (SSSR count). The number of para-hydroxylation sites is 1. The van der Waals surface area contributed by atoms with Crippen molar-refractivity contribution in [3.8, 4) is 0 Å². The zero-order valence-electron chi connectivity index (χ0n) is 18.5. The summed E-state index contributed by atoms with van der Waals surface area (Å²) in [6.45, 7) is 8.27. The first kappa shape index (κ1) is 20.7. The van der Waals surface area contributed by atoms with Crippen LogP contribution < -0.4 is 5.32 Å². The average Bonchev–Trinajstić information content (AvgIpc) is 3.20. The molecule has 2 fully saturated rings. The Kier molecular flexibility index (Phi) is 4.77. The van der Waals surface area contributed by atoms with Crippen molar-refractivity contribution in [2.24, 2.45) is 11.8 Å². The van der Waals surface area contributed by atoms with Crippen LogP contribution >= 0.6 is 0 Å². The van der Waals surface area contributed by atoms with Crippen LogP contribution in [0.4, 0.5) is 5.69 Å². The Morgan fingerprint density at radius 2 is 1.81 bits per heavy atom. The van der Waals surface area contributed by atoms with Gasteiger partial charge in [0.15, 0.2) is 0 Å². The normalized spacial score (nSPS) is 32.8. The van der Waals surface area contributed by atoms with Crippen LogP contribution in [0.5, 0.6) is 0 Å². The van der Waals surface area contributed by atoms with E-state index in [1.165, 1.54) is 0 Å². The molecular weight excluding hydrogens is 391 g/mol. The zero-order chi connectivity index (χ0) is 22.0. The van der Waals surface area contributed by atoms with Gasteiger partial charge in [-0.15, -0.1) is 0 Å². The van der Waals surface area contributed by atoms with E-state index in [9.17, 15) is 10.1 Å². The molecular formula is C24H29BN2O4. The second-order valence-corrected chi connectivity index (χ2v) is 10.1. The molecule has 2 aliphatic carbocycles. The molecule has 0 bridgehead atoms. The fourth-order valence-corrected chi connectivity index (χ4v) is 5.26. The Hall–Kier alpha value is -2.22. The lowest BCUT2D eigenvalue weighted by molar-refractivity contribution is -0.385. The summed E-state index contributed by atoms with van der Waals surface area (Å²) in [5, 5.41) is 15.3.